The van der Waals surface area contributed by atoms with Crippen LogP contribution in [0.25, 0.3) is 0 Å². The molecule has 1 unspecified atom stereocenters. The summed E-state index contributed by atoms with van der Waals surface area (Å²) in [4.78, 5) is 34.2. The van der Waals surface area contributed by atoms with Crippen LogP contribution >= 0.6 is 0 Å². The molecule has 0 radical (unpaired) electrons. The number of nitrogens with zero attached hydrogens (tertiary/aromatic N) is 4. The number of hydrogen-bond donors (Lipinski definition) is 2. The van der Waals surface area contributed by atoms with Crippen molar-refractivity contribution in [3.8, 4) is 0 Å². The van der Waals surface area contributed by atoms with Crippen molar-refractivity contribution >= 4 is 23.8 Å². The van der Waals surface area contributed by atoms with Crippen LogP contribution in [-0.2, 0) is 16.0 Å². The molecule has 1 aromatic carbocycles. The van der Waals surface area contributed by atoms with E-state index in [9.17, 15) is 9.59 Å². The fourth-order valence-corrected chi connectivity index (χ4v) is 5.19. The number of benzene rings is 1. The Morgan fingerprint density at radius 3 is 2.32 bits per heavy atom. The summed E-state index contributed by atoms with van der Waals surface area (Å²) in [5, 5.41) is 3.71. The summed E-state index contributed by atoms with van der Waals surface area (Å²) in [5.41, 5.74) is 7.18. The molecule has 3 N–H and O–H groups in total. The molecule has 1 heterocycles. The minimum absolute atomic E-state index is 0.0392. The van der Waals surface area contributed by atoms with Gasteiger partial charge < -0.3 is 20.9 Å². The standard InChI is InChI=1S/C29H46N6O2/c1-23(32-21-25-8-6-5-7-9-25)20-24-10-12-26(13-11-24)35(22-36)15-14-27(31-4)33-16-18-34(19-17-33)28(37)29(2,3)30/h10-15,22-23,25,32H,5-9,16-21,30H2,1-4H3/b15-14-,31-27+. The van der Waals surface area contributed by atoms with Crippen LogP contribution in [0.15, 0.2) is 41.5 Å². The molecule has 2 amide bonds. The zero-order valence-electron chi connectivity index (χ0n) is 23.2. The highest BCUT2D eigenvalue weighted by Crippen LogP contribution is 2.23. The summed E-state index contributed by atoms with van der Waals surface area (Å²) in [7, 11) is 1.74. The summed E-state index contributed by atoms with van der Waals surface area (Å²) < 4.78 is 0. The monoisotopic (exact) mass is 510 g/mol. The van der Waals surface area contributed by atoms with Crippen LogP contribution in [0.1, 0.15) is 58.4 Å². The second-order valence-corrected chi connectivity index (χ2v) is 11.1. The summed E-state index contributed by atoms with van der Waals surface area (Å²) in [6.45, 7) is 9.36. The van der Waals surface area contributed by atoms with Crippen molar-refractivity contribution in [3.63, 3.8) is 0 Å². The van der Waals surface area contributed by atoms with Crippen molar-refractivity contribution in [1.29, 1.82) is 0 Å². The lowest BCUT2D eigenvalue weighted by molar-refractivity contribution is -0.137. The molecule has 2 fully saturated rings. The molecule has 1 saturated heterocycles. The molecule has 1 aliphatic heterocycles. The van der Waals surface area contributed by atoms with Gasteiger partial charge in [-0.3, -0.25) is 19.5 Å². The van der Waals surface area contributed by atoms with Gasteiger partial charge in [0, 0.05) is 51.2 Å². The smallest absolute Gasteiger partial charge is 0.242 e. The van der Waals surface area contributed by atoms with Gasteiger partial charge in [-0.05, 0) is 76.3 Å². The number of nitrogens with two attached hydrogens (primary N) is 1. The Bertz CT molecular complexity index is 923. The maximum absolute atomic E-state index is 12.4. The van der Waals surface area contributed by atoms with E-state index in [1.165, 1.54) is 37.7 Å². The normalized spacial score (nSPS) is 18.8. The van der Waals surface area contributed by atoms with E-state index in [0.29, 0.717) is 32.2 Å². The third-order valence-corrected chi connectivity index (χ3v) is 7.43. The lowest BCUT2D eigenvalue weighted by Gasteiger charge is -2.38. The molecule has 0 bridgehead atoms. The van der Waals surface area contributed by atoms with Crippen LogP contribution in [0, 0.1) is 5.92 Å². The zero-order chi connectivity index (χ0) is 26.8. The molecule has 37 heavy (non-hydrogen) atoms. The van der Waals surface area contributed by atoms with Gasteiger partial charge in [0.1, 0.15) is 5.84 Å². The molecule has 8 nitrogen and oxygen atoms in total. The Morgan fingerprint density at radius 2 is 1.76 bits per heavy atom. The molecule has 8 heteroatoms. The minimum Gasteiger partial charge on any atom is -0.353 e. The number of aliphatic imine (C=N–C) groups is 1. The Balaban J connectivity index is 1.51. The lowest BCUT2D eigenvalue weighted by Crippen LogP contribution is -2.57. The van der Waals surface area contributed by atoms with Crippen LogP contribution in [0.5, 0.6) is 0 Å². The highest BCUT2D eigenvalue weighted by molar-refractivity contribution is 5.94. The summed E-state index contributed by atoms with van der Waals surface area (Å²) in [6.07, 6.45) is 12.2. The second kappa shape index (κ2) is 13.7. The van der Waals surface area contributed by atoms with E-state index < -0.39 is 5.54 Å². The molecule has 1 aliphatic carbocycles. The van der Waals surface area contributed by atoms with Crippen LogP contribution in [0.4, 0.5) is 5.69 Å². The van der Waals surface area contributed by atoms with Gasteiger partial charge in [-0.15, -0.1) is 0 Å². The van der Waals surface area contributed by atoms with Gasteiger partial charge in [0.05, 0.1) is 5.54 Å². The van der Waals surface area contributed by atoms with Crippen LogP contribution < -0.4 is 16.0 Å². The predicted octanol–water partition coefficient (Wildman–Crippen LogP) is 3.17. The largest absolute Gasteiger partial charge is 0.353 e. The molecule has 3 rings (SSSR count). The Hall–Kier alpha value is -2.71. The Morgan fingerprint density at radius 1 is 1.14 bits per heavy atom. The van der Waals surface area contributed by atoms with E-state index in [4.69, 9.17) is 5.73 Å². The van der Waals surface area contributed by atoms with Gasteiger partial charge in [-0.1, -0.05) is 31.4 Å². The van der Waals surface area contributed by atoms with Crippen LogP contribution in [0.2, 0.25) is 0 Å². The van der Waals surface area contributed by atoms with Crippen molar-refractivity contribution in [2.24, 2.45) is 16.6 Å². The molecule has 2 aliphatic rings. The first-order valence-corrected chi connectivity index (χ1v) is 13.8. The first-order valence-electron chi connectivity index (χ1n) is 13.8. The Kier molecular flexibility index (Phi) is 10.7. The van der Waals surface area contributed by atoms with E-state index in [0.717, 1.165) is 36.8 Å². The number of piperazine rings is 1. The molecule has 0 aromatic heterocycles. The molecule has 1 atom stereocenters. The second-order valence-electron chi connectivity index (χ2n) is 11.1. The fourth-order valence-electron chi connectivity index (χ4n) is 5.19. The zero-order valence-corrected chi connectivity index (χ0v) is 23.2. The number of amidine groups is 1. The molecular weight excluding hydrogens is 464 g/mol. The van der Waals surface area contributed by atoms with Gasteiger partial charge in [0.15, 0.2) is 0 Å². The highest BCUT2D eigenvalue weighted by Gasteiger charge is 2.30. The van der Waals surface area contributed by atoms with Crippen LogP contribution in [0.3, 0.4) is 0 Å². The average molecular weight is 511 g/mol. The summed E-state index contributed by atoms with van der Waals surface area (Å²) in [6, 6.07) is 8.60. The number of carbonyl (C=O) groups is 2. The van der Waals surface area contributed by atoms with Gasteiger partial charge >= 0.3 is 0 Å². The SMILES string of the molecule is C/N=C(\C=C/N(C=O)c1ccc(CC(C)NCC2CCCCC2)cc1)N1CCN(C(=O)C(C)(C)N)CC1. The molecule has 204 valence electrons. The van der Waals surface area contributed by atoms with Crippen molar-refractivity contribution in [1.82, 2.24) is 15.1 Å². The lowest BCUT2D eigenvalue weighted by atomic mass is 9.89. The number of anilines is 1. The highest BCUT2D eigenvalue weighted by atomic mass is 16.2. The van der Waals surface area contributed by atoms with Crippen molar-refractivity contribution in [2.75, 3.05) is 44.7 Å². The van der Waals surface area contributed by atoms with Gasteiger partial charge in [0.25, 0.3) is 0 Å². The van der Waals surface area contributed by atoms with E-state index in [1.54, 1.807) is 36.9 Å². The quantitative estimate of drug-likeness (QED) is 0.286. The fraction of sp³-hybridized carbons (Fsp3) is 0.621. The van der Waals surface area contributed by atoms with Crippen molar-refractivity contribution < 1.29 is 9.59 Å². The third-order valence-electron chi connectivity index (χ3n) is 7.43. The number of nitrogens with one attached hydrogen (secondary N) is 1. The van der Waals surface area contributed by atoms with Gasteiger partial charge in [-0.25, -0.2) is 0 Å². The topological polar surface area (TPSA) is 94.3 Å². The summed E-state index contributed by atoms with van der Waals surface area (Å²) in [5.74, 6) is 1.57. The van der Waals surface area contributed by atoms with E-state index >= 15 is 0 Å². The molecule has 1 aromatic rings. The summed E-state index contributed by atoms with van der Waals surface area (Å²) >= 11 is 0. The average Bonchev–Trinajstić information content (AvgIpc) is 2.90. The van der Waals surface area contributed by atoms with Crippen molar-refractivity contribution in [2.45, 2.75) is 70.9 Å². The first-order chi connectivity index (χ1) is 17.7. The maximum Gasteiger partial charge on any atom is 0.242 e. The predicted molar refractivity (Wildman–Crippen MR) is 152 cm³/mol. The number of hydrogen-bond acceptors (Lipinski definition) is 5. The van der Waals surface area contributed by atoms with Gasteiger partial charge in [-0.2, -0.15) is 0 Å². The Labute approximate surface area is 223 Å². The third kappa shape index (κ3) is 8.68. The number of amides is 2. The van der Waals surface area contributed by atoms with Gasteiger partial charge in [0.2, 0.25) is 12.3 Å². The maximum atomic E-state index is 12.4. The van der Waals surface area contributed by atoms with Crippen LogP contribution in [-0.4, -0.2) is 79.3 Å². The minimum atomic E-state index is -0.868. The first kappa shape index (κ1) is 28.9. The van der Waals surface area contributed by atoms with Crippen molar-refractivity contribution in [3.05, 3.63) is 42.1 Å². The molecular formula is C29H46N6O2. The van der Waals surface area contributed by atoms with E-state index in [-0.39, 0.29) is 5.91 Å². The molecule has 0 spiro atoms. The van der Waals surface area contributed by atoms with E-state index in [1.807, 2.05) is 18.2 Å². The number of carbonyl (C=O) groups excluding carboxylic acids is 2. The molecule has 1 saturated carbocycles. The number of rotatable bonds is 10. The van der Waals surface area contributed by atoms with E-state index in [2.05, 4.69) is 34.3 Å².